The van der Waals surface area contributed by atoms with Crippen LogP contribution in [0.15, 0.2) is 24.3 Å². The van der Waals surface area contributed by atoms with Crippen molar-refractivity contribution in [3.63, 3.8) is 0 Å². The molecule has 30 heavy (non-hydrogen) atoms. The van der Waals surface area contributed by atoms with Gasteiger partial charge in [0.05, 0.1) is 24.2 Å². The van der Waals surface area contributed by atoms with E-state index in [-0.39, 0.29) is 17.7 Å². The van der Waals surface area contributed by atoms with E-state index in [1.54, 1.807) is 0 Å². The van der Waals surface area contributed by atoms with Crippen LogP contribution in [0.2, 0.25) is 0 Å². The van der Waals surface area contributed by atoms with Gasteiger partial charge in [-0.05, 0) is 31.4 Å². The van der Waals surface area contributed by atoms with Crippen LogP contribution in [-0.4, -0.2) is 59.1 Å². The van der Waals surface area contributed by atoms with Crippen LogP contribution in [-0.2, 0) is 27.3 Å². The normalized spacial score (nSPS) is 17.9. The van der Waals surface area contributed by atoms with Crippen molar-refractivity contribution >= 4 is 22.8 Å². The topological polar surface area (TPSA) is 76.5 Å². The fraction of sp³-hybridized carbons (Fsp3) is 0.609. The third-order valence-corrected chi connectivity index (χ3v) is 6.24. The van der Waals surface area contributed by atoms with Crippen LogP contribution in [0, 0.1) is 5.92 Å². The number of morpholine rings is 1. The molecular weight excluding hydrogens is 380 g/mol. The first-order chi connectivity index (χ1) is 14.7. The Labute approximate surface area is 177 Å². The molecule has 0 unspecified atom stereocenters. The Hall–Kier alpha value is -2.41. The zero-order valence-corrected chi connectivity index (χ0v) is 17.6. The van der Waals surface area contributed by atoms with E-state index in [9.17, 15) is 9.59 Å². The molecule has 2 heterocycles. The average Bonchev–Trinajstić information content (AvgIpc) is 3.15. The molecule has 1 aliphatic carbocycles. The van der Waals surface area contributed by atoms with Crippen molar-refractivity contribution in [2.45, 2.75) is 51.5 Å². The summed E-state index contributed by atoms with van der Waals surface area (Å²) in [4.78, 5) is 31.8. The fourth-order valence-corrected chi connectivity index (χ4v) is 4.51. The minimum absolute atomic E-state index is 0.105. The van der Waals surface area contributed by atoms with Crippen LogP contribution in [0.3, 0.4) is 0 Å². The third kappa shape index (κ3) is 5.01. The second kappa shape index (κ2) is 10.1. The molecule has 1 saturated carbocycles. The lowest BCUT2D eigenvalue weighted by molar-refractivity contribution is -0.135. The lowest BCUT2D eigenvalue weighted by Crippen LogP contribution is -2.42. The zero-order valence-electron chi connectivity index (χ0n) is 17.6. The molecule has 2 amide bonds. The van der Waals surface area contributed by atoms with E-state index in [2.05, 4.69) is 5.32 Å². The number of carbonyl (C=O) groups excluding carboxylic acids is 2. The van der Waals surface area contributed by atoms with Crippen molar-refractivity contribution in [3.05, 3.63) is 30.1 Å². The molecule has 0 radical (unpaired) electrons. The zero-order chi connectivity index (χ0) is 20.8. The van der Waals surface area contributed by atoms with Crippen molar-refractivity contribution in [2.24, 2.45) is 5.92 Å². The fourth-order valence-electron chi connectivity index (χ4n) is 4.51. The van der Waals surface area contributed by atoms with Gasteiger partial charge in [-0.3, -0.25) is 9.59 Å². The third-order valence-electron chi connectivity index (χ3n) is 6.24. The van der Waals surface area contributed by atoms with Gasteiger partial charge in [0.2, 0.25) is 11.8 Å². The number of aryl methyl sites for hydroxylation is 1. The number of rotatable bonds is 7. The van der Waals surface area contributed by atoms with Crippen LogP contribution in [0.5, 0.6) is 0 Å². The number of hydrogen-bond acceptors (Lipinski definition) is 4. The van der Waals surface area contributed by atoms with Gasteiger partial charge in [0, 0.05) is 32.0 Å². The monoisotopic (exact) mass is 412 g/mol. The predicted octanol–water partition coefficient (Wildman–Crippen LogP) is 2.52. The van der Waals surface area contributed by atoms with Gasteiger partial charge in [0.1, 0.15) is 12.4 Å². The van der Waals surface area contributed by atoms with E-state index in [4.69, 9.17) is 9.72 Å². The maximum absolute atomic E-state index is 12.8. The van der Waals surface area contributed by atoms with Gasteiger partial charge in [-0.15, -0.1) is 0 Å². The average molecular weight is 413 g/mol. The first-order valence-electron chi connectivity index (χ1n) is 11.3. The predicted molar refractivity (Wildman–Crippen MR) is 115 cm³/mol. The van der Waals surface area contributed by atoms with Crippen molar-refractivity contribution in [2.75, 3.05) is 32.8 Å². The van der Waals surface area contributed by atoms with Crippen LogP contribution in [0.4, 0.5) is 0 Å². The number of imidazole rings is 1. The number of aromatic nitrogens is 2. The second-order valence-corrected chi connectivity index (χ2v) is 8.33. The van der Waals surface area contributed by atoms with E-state index in [0.717, 1.165) is 42.5 Å². The van der Waals surface area contributed by atoms with Gasteiger partial charge in [-0.25, -0.2) is 4.98 Å². The van der Waals surface area contributed by atoms with Crippen molar-refractivity contribution in [1.29, 1.82) is 0 Å². The summed E-state index contributed by atoms with van der Waals surface area (Å²) in [6.07, 6.45) is 7.17. The quantitative estimate of drug-likeness (QED) is 0.709. The Morgan fingerprint density at radius 3 is 2.67 bits per heavy atom. The Bertz CT molecular complexity index is 866. The van der Waals surface area contributed by atoms with Gasteiger partial charge >= 0.3 is 0 Å². The number of hydrogen-bond donors (Lipinski definition) is 1. The maximum Gasteiger partial charge on any atom is 0.242 e. The summed E-state index contributed by atoms with van der Waals surface area (Å²) in [7, 11) is 0. The smallest absolute Gasteiger partial charge is 0.242 e. The highest BCUT2D eigenvalue weighted by molar-refractivity contribution is 5.81. The molecule has 1 aromatic heterocycles. The number of fused-ring (bicyclic) bond motifs is 1. The minimum Gasteiger partial charge on any atom is -0.378 e. The molecule has 7 nitrogen and oxygen atoms in total. The number of para-hydroxylation sites is 2. The molecule has 7 heteroatoms. The highest BCUT2D eigenvalue weighted by atomic mass is 16.5. The van der Waals surface area contributed by atoms with E-state index in [1.165, 1.54) is 19.3 Å². The van der Waals surface area contributed by atoms with Gasteiger partial charge < -0.3 is 19.5 Å². The first kappa shape index (κ1) is 20.8. The molecule has 0 bridgehead atoms. The molecule has 2 aromatic rings. The summed E-state index contributed by atoms with van der Waals surface area (Å²) >= 11 is 0. The van der Waals surface area contributed by atoms with Gasteiger partial charge in [-0.1, -0.05) is 31.4 Å². The standard InChI is InChI=1S/C23H32N4O3/c28-22(26-13-15-30-16-14-26)17-27-20-10-5-4-9-19(20)25-21(27)11-6-12-24-23(29)18-7-2-1-3-8-18/h4-5,9-10,18H,1-3,6-8,11-17H2,(H,24,29). The number of carbonyl (C=O) groups is 2. The van der Waals surface area contributed by atoms with Gasteiger partial charge in [0.25, 0.3) is 0 Å². The van der Waals surface area contributed by atoms with Crippen molar-refractivity contribution < 1.29 is 14.3 Å². The summed E-state index contributed by atoms with van der Waals surface area (Å²) in [5.74, 6) is 1.40. The Balaban J connectivity index is 1.37. The van der Waals surface area contributed by atoms with Gasteiger partial charge in [-0.2, -0.15) is 0 Å². The highest BCUT2D eigenvalue weighted by Crippen LogP contribution is 2.23. The number of nitrogens with zero attached hydrogens (tertiary/aromatic N) is 3. The molecule has 4 rings (SSSR count). The Morgan fingerprint density at radius 1 is 1.10 bits per heavy atom. The van der Waals surface area contributed by atoms with Crippen LogP contribution in [0.25, 0.3) is 11.0 Å². The summed E-state index contributed by atoms with van der Waals surface area (Å²) in [5.41, 5.74) is 1.90. The van der Waals surface area contributed by atoms with Gasteiger partial charge in [0.15, 0.2) is 0 Å². The number of ether oxygens (including phenoxy) is 1. The lowest BCUT2D eigenvalue weighted by atomic mass is 9.89. The summed E-state index contributed by atoms with van der Waals surface area (Å²) < 4.78 is 7.40. The summed E-state index contributed by atoms with van der Waals surface area (Å²) in [6, 6.07) is 7.95. The summed E-state index contributed by atoms with van der Waals surface area (Å²) in [6.45, 7) is 3.44. The molecule has 1 N–H and O–H groups in total. The second-order valence-electron chi connectivity index (χ2n) is 8.33. The molecular formula is C23H32N4O3. The van der Waals surface area contributed by atoms with E-state index in [0.29, 0.717) is 39.4 Å². The molecule has 2 fully saturated rings. The molecule has 162 valence electrons. The molecule has 1 aromatic carbocycles. The number of amides is 2. The lowest BCUT2D eigenvalue weighted by Gasteiger charge is -2.27. The van der Waals surface area contributed by atoms with Crippen LogP contribution >= 0.6 is 0 Å². The maximum atomic E-state index is 12.8. The number of benzene rings is 1. The van der Waals surface area contributed by atoms with E-state index < -0.39 is 0 Å². The molecule has 0 spiro atoms. The summed E-state index contributed by atoms with van der Waals surface area (Å²) in [5, 5.41) is 3.10. The first-order valence-corrected chi connectivity index (χ1v) is 11.3. The van der Waals surface area contributed by atoms with E-state index in [1.807, 2.05) is 33.7 Å². The highest BCUT2D eigenvalue weighted by Gasteiger charge is 2.22. The number of nitrogens with one attached hydrogen (secondary N) is 1. The van der Waals surface area contributed by atoms with Crippen molar-refractivity contribution in [1.82, 2.24) is 19.8 Å². The van der Waals surface area contributed by atoms with Crippen LogP contribution in [0.1, 0.15) is 44.3 Å². The molecule has 1 aliphatic heterocycles. The SMILES string of the molecule is O=C(NCCCc1nc2ccccc2n1CC(=O)N1CCOCC1)C1CCCCC1. The van der Waals surface area contributed by atoms with E-state index >= 15 is 0 Å². The Kier molecular flexibility index (Phi) is 7.00. The largest absolute Gasteiger partial charge is 0.378 e. The van der Waals surface area contributed by atoms with Crippen molar-refractivity contribution in [3.8, 4) is 0 Å². The molecule has 0 atom stereocenters. The molecule has 1 saturated heterocycles. The minimum atomic E-state index is 0.105. The molecule has 2 aliphatic rings. The van der Waals surface area contributed by atoms with Crippen LogP contribution < -0.4 is 5.32 Å². The Morgan fingerprint density at radius 2 is 1.87 bits per heavy atom.